The number of rotatable bonds is 7. The first kappa shape index (κ1) is 18.3. The first-order valence-corrected chi connectivity index (χ1v) is 9.14. The van der Waals surface area contributed by atoms with Crippen molar-refractivity contribution >= 4 is 11.9 Å². The molecule has 0 N–H and O–H groups in total. The number of hydrogen-bond donors (Lipinski definition) is 0. The van der Waals surface area contributed by atoms with E-state index in [2.05, 4.69) is 4.90 Å². The molecule has 0 saturated carbocycles. The van der Waals surface area contributed by atoms with Gasteiger partial charge >= 0.3 is 0 Å². The summed E-state index contributed by atoms with van der Waals surface area (Å²) < 4.78 is 18.7. The van der Waals surface area contributed by atoms with Gasteiger partial charge in [0.1, 0.15) is 18.2 Å². The van der Waals surface area contributed by atoms with Crippen LogP contribution >= 0.6 is 0 Å². The van der Waals surface area contributed by atoms with Crippen molar-refractivity contribution in [3.8, 4) is 5.75 Å². The zero-order valence-electron chi connectivity index (χ0n) is 14.9. The van der Waals surface area contributed by atoms with E-state index in [1.807, 2.05) is 24.3 Å². The lowest BCUT2D eigenvalue weighted by Crippen LogP contribution is -2.33. The summed E-state index contributed by atoms with van der Waals surface area (Å²) in [6.07, 6.45) is 7.17. The first-order chi connectivity index (χ1) is 12.7. The molecule has 0 spiro atoms. The number of hydrogen-bond acceptors (Lipinski definition) is 3. The van der Waals surface area contributed by atoms with Gasteiger partial charge in [-0.15, -0.1) is 0 Å². The zero-order valence-corrected chi connectivity index (χ0v) is 14.9. The number of allylic oxidation sites excluding steroid dienone is 1. The fourth-order valence-electron chi connectivity index (χ4n) is 3.03. The summed E-state index contributed by atoms with van der Waals surface area (Å²) in [6, 6.07) is 13.2. The van der Waals surface area contributed by atoms with Gasteiger partial charge in [-0.3, -0.25) is 9.69 Å². The predicted molar refractivity (Wildman–Crippen MR) is 102 cm³/mol. The molecule has 1 aliphatic rings. The number of piperidine rings is 1. The van der Waals surface area contributed by atoms with E-state index in [4.69, 9.17) is 4.74 Å². The second-order valence-electron chi connectivity index (χ2n) is 6.52. The smallest absolute Gasteiger partial charge is 0.185 e. The molecule has 1 saturated heterocycles. The number of carbonyl (C=O) groups excluding carboxylic acids is 1. The maximum Gasteiger partial charge on any atom is 0.185 e. The molecular formula is C22H24FNO2. The third-order valence-corrected chi connectivity index (χ3v) is 4.56. The monoisotopic (exact) mass is 353 g/mol. The van der Waals surface area contributed by atoms with Gasteiger partial charge < -0.3 is 4.74 Å². The van der Waals surface area contributed by atoms with Crippen molar-refractivity contribution < 1.29 is 13.9 Å². The molecule has 0 aliphatic carbocycles. The summed E-state index contributed by atoms with van der Waals surface area (Å²) in [5.74, 6) is 0.345. The molecular weight excluding hydrogens is 329 g/mol. The summed E-state index contributed by atoms with van der Waals surface area (Å²) in [5, 5.41) is 0. The molecule has 4 heteroatoms. The molecule has 1 aliphatic heterocycles. The molecule has 1 fully saturated rings. The Morgan fingerprint density at radius 2 is 1.69 bits per heavy atom. The quantitative estimate of drug-likeness (QED) is 0.539. The van der Waals surface area contributed by atoms with Crippen molar-refractivity contribution in [3.63, 3.8) is 0 Å². The van der Waals surface area contributed by atoms with Crippen molar-refractivity contribution in [1.82, 2.24) is 4.90 Å². The van der Waals surface area contributed by atoms with Gasteiger partial charge in [-0.2, -0.15) is 0 Å². The number of halogens is 1. The lowest BCUT2D eigenvalue weighted by atomic mass is 10.1. The fourth-order valence-corrected chi connectivity index (χ4v) is 3.03. The summed E-state index contributed by atoms with van der Waals surface area (Å²) in [6.45, 7) is 4.01. The van der Waals surface area contributed by atoms with Crippen LogP contribution in [0.4, 0.5) is 4.39 Å². The van der Waals surface area contributed by atoms with Crippen LogP contribution < -0.4 is 4.74 Å². The Labute approximate surface area is 154 Å². The highest BCUT2D eigenvalue weighted by molar-refractivity contribution is 6.06. The number of likely N-dealkylation sites (tertiary alicyclic amines) is 1. The van der Waals surface area contributed by atoms with Gasteiger partial charge in [0.15, 0.2) is 5.78 Å². The average Bonchev–Trinajstić information content (AvgIpc) is 2.68. The molecule has 0 radical (unpaired) electrons. The molecule has 0 unspecified atom stereocenters. The van der Waals surface area contributed by atoms with Crippen LogP contribution in [-0.2, 0) is 0 Å². The molecule has 0 atom stereocenters. The van der Waals surface area contributed by atoms with Gasteiger partial charge in [0.05, 0.1) is 0 Å². The van der Waals surface area contributed by atoms with E-state index in [9.17, 15) is 9.18 Å². The molecule has 0 aromatic heterocycles. The molecule has 26 heavy (non-hydrogen) atoms. The van der Waals surface area contributed by atoms with Gasteiger partial charge in [-0.25, -0.2) is 4.39 Å². The predicted octanol–water partition coefficient (Wildman–Crippen LogP) is 4.59. The SMILES string of the molecule is O=C(/C=C/c1ccc(OCCN2CCCCC2)cc1)c1ccc(F)cc1. The Hall–Kier alpha value is -2.46. The molecule has 1 heterocycles. The minimum atomic E-state index is -0.346. The number of ether oxygens (including phenoxy) is 1. The number of carbonyl (C=O) groups is 1. The normalized spacial score (nSPS) is 15.3. The van der Waals surface area contributed by atoms with Crippen molar-refractivity contribution in [1.29, 1.82) is 0 Å². The van der Waals surface area contributed by atoms with Gasteiger partial charge in [0, 0.05) is 12.1 Å². The molecule has 2 aromatic carbocycles. The maximum absolute atomic E-state index is 12.9. The van der Waals surface area contributed by atoms with Gasteiger partial charge in [0.2, 0.25) is 0 Å². The van der Waals surface area contributed by atoms with Gasteiger partial charge in [-0.1, -0.05) is 24.6 Å². The van der Waals surface area contributed by atoms with Crippen LogP contribution in [0, 0.1) is 5.82 Å². The van der Waals surface area contributed by atoms with Crippen molar-refractivity contribution in [2.24, 2.45) is 0 Å². The van der Waals surface area contributed by atoms with Crippen molar-refractivity contribution in [2.45, 2.75) is 19.3 Å². The van der Waals surface area contributed by atoms with Crippen LogP contribution in [0.5, 0.6) is 5.75 Å². The second kappa shape index (κ2) is 9.30. The van der Waals surface area contributed by atoms with E-state index in [0.717, 1.165) is 17.9 Å². The standard InChI is InChI=1S/C22H24FNO2/c23-20-9-7-19(8-10-20)22(25)13-6-18-4-11-21(12-5-18)26-17-16-24-14-2-1-3-15-24/h4-13H,1-3,14-17H2/b13-6+. The van der Waals surface area contributed by atoms with Gasteiger partial charge in [-0.05, 0) is 74.0 Å². The van der Waals surface area contributed by atoms with E-state index < -0.39 is 0 Å². The van der Waals surface area contributed by atoms with E-state index >= 15 is 0 Å². The summed E-state index contributed by atoms with van der Waals surface area (Å²) in [4.78, 5) is 14.5. The molecule has 2 aromatic rings. The topological polar surface area (TPSA) is 29.5 Å². The zero-order chi connectivity index (χ0) is 18.2. The van der Waals surface area contributed by atoms with E-state index in [1.165, 1.54) is 62.7 Å². The van der Waals surface area contributed by atoms with Crippen molar-refractivity contribution in [3.05, 3.63) is 71.6 Å². The third kappa shape index (κ3) is 5.53. The highest BCUT2D eigenvalue weighted by Crippen LogP contribution is 2.15. The Kier molecular flexibility index (Phi) is 6.56. The Morgan fingerprint density at radius 1 is 1.00 bits per heavy atom. The minimum absolute atomic E-state index is 0.146. The molecule has 0 amide bonds. The molecule has 3 nitrogen and oxygen atoms in total. The largest absolute Gasteiger partial charge is 0.492 e. The Morgan fingerprint density at radius 3 is 2.38 bits per heavy atom. The van der Waals surface area contributed by atoms with E-state index in [0.29, 0.717) is 12.2 Å². The Bertz CT molecular complexity index is 732. The summed E-state index contributed by atoms with van der Waals surface area (Å²) >= 11 is 0. The molecule has 136 valence electrons. The van der Waals surface area contributed by atoms with E-state index in [-0.39, 0.29) is 11.6 Å². The highest BCUT2D eigenvalue weighted by atomic mass is 19.1. The van der Waals surface area contributed by atoms with Crippen LogP contribution in [-0.4, -0.2) is 36.9 Å². The van der Waals surface area contributed by atoms with Gasteiger partial charge in [0.25, 0.3) is 0 Å². The lowest BCUT2D eigenvalue weighted by molar-refractivity contribution is 0.104. The van der Waals surface area contributed by atoms with Crippen LogP contribution in [0.2, 0.25) is 0 Å². The lowest BCUT2D eigenvalue weighted by Gasteiger charge is -2.26. The minimum Gasteiger partial charge on any atom is -0.492 e. The van der Waals surface area contributed by atoms with Crippen LogP contribution in [0.3, 0.4) is 0 Å². The van der Waals surface area contributed by atoms with E-state index in [1.54, 1.807) is 6.08 Å². The third-order valence-electron chi connectivity index (χ3n) is 4.56. The highest BCUT2D eigenvalue weighted by Gasteiger charge is 2.09. The second-order valence-corrected chi connectivity index (χ2v) is 6.52. The summed E-state index contributed by atoms with van der Waals surface area (Å²) in [5.41, 5.74) is 1.39. The summed E-state index contributed by atoms with van der Waals surface area (Å²) in [7, 11) is 0. The number of benzene rings is 2. The van der Waals surface area contributed by atoms with Crippen LogP contribution in [0.1, 0.15) is 35.2 Å². The number of nitrogens with zero attached hydrogens (tertiary/aromatic N) is 1. The maximum atomic E-state index is 12.9. The average molecular weight is 353 g/mol. The molecule has 0 bridgehead atoms. The van der Waals surface area contributed by atoms with Crippen LogP contribution in [0.15, 0.2) is 54.6 Å². The Balaban J connectivity index is 1.47. The first-order valence-electron chi connectivity index (χ1n) is 9.14. The van der Waals surface area contributed by atoms with Crippen molar-refractivity contribution in [2.75, 3.05) is 26.2 Å². The number of ketones is 1. The fraction of sp³-hybridized carbons (Fsp3) is 0.318. The van der Waals surface area contributed by atoms with Crippen LogP contribution in [0.25, 0.3) is 6.08 Å². The molecule has 3 rings (SSSR count).